The lowest BCUT2D eigenvalue weighted by molar-refractivity contribution is 0.392. The number of aryl methyl sites for hydroxylation is 3. The Morgan fingerprint density at radius 1 is 1.35 bits per heavy atom. The highest BCUT2D eigenvalue weighted by Gasteiger charge is 2.11. The Morgan fingerprint density at radius 3 is 2.85 bits per heavy atom. The molecule has 3 rings (SSSR count). The lowest BCUT2D eigenvalue weighted by Crippen LogP contribution is -2.06. The van der Waals surface area contributed by atoms with E-state index >= 15 is 0 Å². The summed E-state index contributed by atoms with van der Waals surface area (Å²) in [6.07, 6.45) is 0. The standard InChI is InChI=1S/C14H15ClN4O/c1-8-11(9(2)20-18-8)7-16-14-17-12-6-10(15)4-5-13(12)19(14)3/h4-6H,7H2,1-3H3,(H,16,17). The van der Waals surface area contributed by atoms with Gasteiger partial charge in [-0.05, 0) is 32.0 Å². The first-order valence-corrected chi connectivity index (χ1v) is 6.71. The molecule has 0 aliphatic rings. The molecule has 2 aromatic heterocycles. The predicted molar refractivity (Wildman–Crippen MR) is 79.0 cm³/mol. The molecule has 6 heteroatoms. The highest BCUT2D eigenvalue weighted by molar-refractivity contribution is 6.31. The van der Waals surface area contributed by atoms with Gasteiger partial charge in [-0.1, -0.05) is 16.8 Å². The lowest BCUT2D eigenvalue weighted by Gasteiger charge is -2.05. The van der Waals surface area contributed by atoms with E-state index in [1.807, 2.05) is 43.7 Å². The van der Waals surface area contributed by atoms with E-state index in [1.54, 1.807) is 0 Å². The molecule has 0 atom stereocenters. The molecule has 0 aliphatic carbocycles. The maximum atomic E-state index is 5.99. The van der Waals surface area contributed by atoms with Crippen molar-refractivity contribution in [2.45, 2.75) is 20.4 Å². The second kappa shape index (κ2) is 4.83. The van der Waals surface area contributed by atoms with Crippen LogP contribution in [0.1, 0.15) is 17.0 Å². The molecule has 1 N–H and O–H groups in total. The SMILES string of the molecule is Cc1noc(C)c1CNc1nc2cc(Cl)ccc2n1C. The van der Waals surface area contributed by atoms with Crippen LogP contribution in [0.15, 0.2) is 22.7 Å². The molecule has 1 aromatic carbocycles. The molecule has 5 nitrogen and oxygen atoms in total. The van der Waals surface area contributed by atoms with Crippen molar-refractivity contribution in [1.29, 1.82) is 0 Å². The van der Waals surface area contributed by atoms with E-state index in [2.05, 4.69) is 15.5 Å². The zero-order chi connectivity index (χ0) is 14.3. The largest absolute Gasteiger partial charge is 0.361 e. The van der Waals surface area contributed by atoms with Crippen LogP contribution < -0.4 is 5.32 Å². The summed E-state index contributed by atoms with van der Waals surface area (Å²) in [5.74, 6) is 1.62. The smallest absolute Gasteiger partial charge is 0.203 e. The van der Waals surface area contributed by atoms with Crippen LogP contribution in [-0.4, -0.2) is 14.7 Å². The maximum absolute atomic E-state index is 5.99. The fourth-order valence-electron chi connectivity index (χ4n) is 2.25. The molecule has 0 saturated heterocycles. The highest BCUT2D eigenvalue weighted by Crippen LogP contribution is 2.22. The fourth-order valence-corrected chi connectivity index (χ4v) is 2.42. The van der Waals surface area contributed by atoms with Crippen LogP contribution >= 0.6 is 11.6 Å². The third-order valence-corrected chi connectivity index (χ3v) is 3.68. The number of halogens is 1. The van der Waals surface area contributed by atoms with Gasteiger partial charge >= 0.3 is 0 Å². The van der Waals surface area contributed by atoms with Crippen molar-refractivity contribution < 1.29 is 4.52 Å². The zero-order valence-electron chi connectivity index (χ0n) is 11.6. The number of hydrogen-bond acceptors (Lipinski definition) is 4. The summed E-state index contributed by atoms with van der Waals surface area (Å²) in [7, 11) is 1.97. The Balaban J connectivity index is 1.90. The molecule has 104 valence electrons. The Hall–Kier alpha value is -2.01. The van der Waals surface area contributed by atoms with E-state index < -0.39 is 0 Å². The molecule has 0 unspecified atom stereocenters. The Bertz CT molecular complexity index is 755. The topological polar surface area (TPSA) is 55.9 Å². The molecule has 0 aliphatic heterocycles. The number of aromatic nitrogens is 3. The molecule has 0 bridgehead atoms. The van der Waals surface area contributed by atoms with Crippen LogP contribution in [0.4, 0.5) is 5.95 Å². The van der Waals surface area contributed by atoms with Gasteiger partial charge in [-0.15, -0.1) is 0 Å². The first kappa shape index (κ1) is 13.0. The van der Waals surface area contributed by atoms with Gasteiger partial charge in [0.1, 0.15) is 5.76 Å². The van der Waals surface area contributed by atoms with Gasteiger partial charge in [-0.3, -0.25) is 0 Å². The Morgan fingerprint density at radius 2 is 2.15 bits per heavy atom. The van der Waals surface area contributed by atoms with Gasteiger partial charge in [0.05, 0.1) is 16.7 Å². The van der Waals surface area contributed by atoms with Gasteiger partial charge in [-0.2, -0.15) is 0 Å². The predicted octanol–water partition coefficient (Wildman–Crippen LogP) is 3.44. The molecule has 0 saturated carbocycles. The van der Waals surface area contributed by atoms with Gasteiger partial charge in [0.15, 0.2) is 0 Å². The van der Waals surface area contributed by atoms with E-state index in [4.69, 9.17) is 16.1 Å². The van der Waals surface area contributed by atoms with Crippen molar-refractivity contribution in [2.24, 2.45) is 7.05 Å². The number of rotatable bonds is 3. The number of hydrogen-bond donors (Lipinski definition) is 1. The number of fused-ring (bicyclic) bond motifs is 1. The summed E-state index contributed by atoms with van der Waals surface area (Å²) in [6.45, 7) is 4.47. The summed E-state index contributed by atoms with van der Waals surface area (Å²) in [5.41, 5.74) is 3.88. The quantitative estimate of drug-likeness (QED) is 0.803. The Labute approximate surface area is 121 Å². The normalized spacial score (nSPS) is 11.2. The van der Waals surface area contributed by atoms with Crippen molar-refractivity contribution in [3.8, 4) is 0 Å². The van der Waals surface area contributed by atoms with Crippen molar-refractivity contribution in [3.63, 3.8) is 0 Å². The molecule has 0 fully saturated rings. The first-order valence-electron chi connectivity index (χ1n) is 6.34. The average molecular weight is 291 g/mol. The summed E-state index contributed by atoms with van der Waals surface area (Å²) in [6, 6.07) is 5.69. The third kappa shape index (κ3) is 2.14. The second-order valence-electron chi connectivity index (χ2n) is 4.78. The molecule has 0 spiro atoms. The summed E-state index contributed by atoms with van der Waals surface area (Å²) in [4.78, 5) is 4.55. The van der Waals surface area contributed by atoms with Crippen molar-refractivity contribution >= 4 is 28.6 Å². The zero-order valence-corrected chi connectivity index (χ0v) is 12.3. The molecule has 0 radical (unpaired) electrons. The highest BCUT2D eigenvalue weighted by atomic mass is 35.5. The van der Waals surface area contributed by atoms with Gasteiger partial charge < -0.3 is 14.4 Å². The molecule has 0 amide bonds. The van der Waals surface area contributed by atoms with Gasteiger partial charge in [0, 0.05) is 24.2 Å². The van der Waals surface area contributed by atoms with Gasteiger partial charge in [0.2, 0.25) is 5.95 Å². The second-order valence-corrected chi connectivity index (χ2v) is 5.22. The minimum Gasteiger partial charge on any atom is -0.361 e. The van der Waals surface area contributed by atoms with Crippen LogP contribution in [0.2, 0.25) is 5.02 Å². The van der Waals surface area contributed by atoms with Crippen LogP contribution in [0.25, 0.3) is 11.0 Å². The number of nitrogens with zero attached hydrogens (tertiary/aromatic N) is 3. The molecular weight excluding hydrogens is 276 g/mol. The van der Waals surface area contributed by atoms with Crippen LogP contribution in [-0.2, 0) is 13.6 Å². The minimum atomic E-state index is 0.631. The van der Waals surface area contributed by atoms with Crippen LogP contribution in [0.5, 0.6) is 0 Å². The third-order valence-electron chi connectivity index (χ3n) is 3.45. The van der Waals surface area contributed by atoms with Gasteiger partial charge in [-0.25, -0.2) is 4.98 Å². The van der Waals surface area contributed by atoms with Gasteiger partial charge in [0.25, 0.3) is 0 Å². The molecular formula is C14H15ClN4O. The number of imidazole rings is 1. The van der Waals surface area contributed by atoms with E-state index in [1.165, 1.54) is 0 Å². The van der Waals surface area contributed by atoms with Crippen LogP contribution in [0, 0.1) is 13.8 Å². The Kier molecular flexibility index (Phi) is 3.14. The maximum Gasteiger partial charge on any atom is 0.203 e. The number of anilines is 1. The first-order chi connectivity index (χ1) is 9.56. The summed E-state index contributed by atoms with van der Waals surface area (Å²) in [5, 5.41) is 7.95. The van der Waals surface area contributed by atoms with E-state index in [9.17, 15) is 0 Å². The van der Waals surface area contributed by atoms with Crippen molar-refractivity contribution in [3.05, 3.63) is 40.2 Å². The molecule has 20 heavy (non-hydrogen) atoms. The average Bonchev–Trinajstić information content (AvgIpc) is 2.89. The molecule has 2 heterocycles. The molecule has 3 aromatic rings. The number of nitrogens with one attached hydrogen (secondary N) is 1. The lowest BCUT2D eigenvalue weighted by atomic mass is 10.2. The summed E-state index contributed by atoms with van der Waals surface area (Å²) < 4.78 is 7.16. The monoisotopic (exact) mass is 290 g/mol. The minimum absolute atomic E-state index is 0.631. The van der Waals surface area contributed by atoms with E-state index in [0.717, 1.165) is 34.0 Å². The summed E-state index contributed by atoms with van der Waals surface area (Å²) >= 11 is 5.99. The van der Waals surface area contributed by atoms with Crippen molar-refractivity contribution in [1.82, 2.24) is 14.7 Å². The van der Waals surface area contributed by atoms with E-state index in [-0.39, 0.29) is 0 Å². The fraction of sp³-hybridized carbons (Fsp3) is 0.286. The number of benzene rings is 1. The van der Waals surface area contributed by atoms with E-state index in [0.29, 0.717) is 11.6 Å². The van der Waals surface area contributed by atoms with Crippen molar-refractivity contribution in [2.75, 3.05) is 5.32 Å². The van der Waals surface area contributed by atoms with Crippen LogP contribution in [0.3, 0.4) is 0 Å².